The van der Waals surface area contributed by atoms with Gasteiger partial charge in [0.15, 0.2) is 0 Å². The lowest BCUT2D eigenvalue weighted by Gasteiger charge is -2.52. The molecule has 0 radical (unpaired) electrons. The van der Waals surface area contributed by atoms with Crippen molar-refractivity contribution in [3.05, 3.63) is 0 Å². The van der Waals surface area contributed by atoms with Gasteiger partial charge in [0.1, 0.15) is 0 Å². The summed E-state index contributed by atoms with van der Waals surface area (Å²) >= 11 is 7.07. The number of rotatable bonds is 2. The molecule has 1 saturated carbocycles. The Labute approximate surface area is 95.7 Å². The third kappa shape index (κ3) is 1.80. The van der Waals surface area contributed by atoms with Crippen LogP contribution in [0.25, 0.3) is 0 Å². The second-order valence-electron chi connectivity index (χ2n) is 3.80. The van der Waals surface area contributed by atoms with Crippen LogP contribution in [0.4, 0.5) is 0 Å². The fraction of sp³-hybridized carbons (Fsp3) is 0.889. The van der Waals surface area contributed by atoms with Gasteiger partial charge in [0.2, 0.25) is 0 Å². The van der Waals surface area contributed by atoms with Gasteiger partial charge in [-0.05, 0) is 26.2 Å². The maximum atomic E-state index is 11.6. The van der Waals surface area contributed by atoms with E-state index in [1.807, 2.05) is 20.8 Å². The molecule has 1 fully saturated rings. The first-order valence-corrected chi connectivity index (χ1v) is 5.98. The molecule has 2 unspecified atom stereocenters. The zero-order chi connectivity index (χ0) is 10.3. The lowest BCUT2D eigenvalue weighted by molar-refractivity contribution is -0.164. The molecule has 0 aliphatic heterocycles. The molecule has 0 spiro atoms. The predicted octanol–water partition coefficient (Wildman–Crippen LogP) is 3.08. The number of halogens is 2. The molecule has 13 heavy (non-hydrogen) atoms. The van der Waals surface area contributed by atoms with E-state index in [1.165, 1.54) is 0 Å². The minimum Gasteiger partial charge on any atom is -0.466 e. The van der Waals surface area contributed by atoms with Crippen LogP contribution in [0.2, 0.25) is 0 Å². The Bertz CT molecular complexity index is 228. The van der Waals surface area contributed by atoms with Crippen LogP contribution in [-0.2, 0) is 9.53 Å². The monoisotopic (exact) mass is 312 g/mol. The van der Waals surface area contributed by atoms with Gasteiger partial charge in [0.05, 0.1) is 15.3 Å². The third-order valence-electron chi connectivity index (χ3n) is 2.93. The van der Waals surface area contributed by atoms with Crippen LogP contribution in [0.1, 0.15) is 27.2 Å². The summed E-state index contributed by atoms with van der Waals surface area (Å²) < 4.78 is 4.95. The number of ether oxygens (including phenoxy) is 1. The molecule has 0 aromatic carbocycles. The highest BCUT2D eigenvalue weighted by atomic mass is 79.9. The summed E-state index contributed by atoms with van der Waals surface area (Å²) in [6.45, 7) is 6.29. The number of hydrogen-bond donors (Lipinski definition) is 0. The SMILES string of the molecule is CCOC(=O)C1(C)CC(Br)(Br)C1C. The second-order valence-corrected chi connectivity index (χ2v) is 7.69. The van der Waals surface area contributed by atoms with Crippen LogP contribution in [0.5, 0.6) is 0 Å². The highest BCUT2D eigenvalue weighted by Gasteiger charge is 2.61. The molecule has 0 aromatic rings. The molecule has 0 bridgehead atoms. The number of alkyl halides is 2. The molecule has 0 amide bonds. The molecule has 4 heteroatoms. The Morgan fingerprint density at radius 3 is 2.46 bits per heavy atom. The first-order valence-electron chi connectivity index (χ1n) is 4.39. The number of carbonyl (C=O) groups excluding carboxylic acids is 1. The first-order chi connectivity index (χ1) is 5.84. The van der Waals surface area contributed by atoms with E-state index >= 15 is 0 Å². The van der Waals surface area contributed by atoms with Crippen molar-refractivity contribution in [3.63, 3.8) is 0 Å². The molecular formula is C9H14Br2O2. The predicted molar refractivity (Wildman–Crippen MR) is 59.1 cm³/mol. The molecule has 0 aromatic heterocycles. The van der Waals surface area contributed by atoms with Crippen LogP contribution < -0.4 is 0 Å². The van der Waals surface area contributed by atoms with Gasteiger partial charge < -0.3 is 4.74 Å². The Morgan fingerprint density at radius 1 is 1.62 bits per heavy atom. The van der Waals surface area contributed by atoms with E-state index in [1.54, 1.807) is 0 Å². The first kappa shape index (κ1) is 11.5. The molecule has 1 aliphatic carbocycles. The second kappa shape index (κ2) is 3.54. The highest BCUT2D eigenvalue weighted by molar-refractivity contribution is 9.25. The molecule has 0 saturated heterocycles. The fourth-order valence-corrected chi connectivity index (χ4v) is 3.85. The van der Waals surface area contributed by atoms with E-state index < -0.39 is 0 Å². The van der Waals surface area contributed by atoms with Crippen LogP contribution in [0.3, 0.4) is 0 Å². The van der Waals surface area contributed by atoms with E-state index in [0.29, 0.717) is 6.61 Å². The molecule has 0 heterocycles. The van der Waals surface area contributed by atoms with Gasteiger partial charge in [-0.1, -0.05) is 38.8 Å². The van der Waals surface area contributed by atoms with Crippen molar-refractivity contribution < 1.29 is 9.53 Å². The Hall–Kier alpha value is 0.430. The van der Waals surface area contributed by atoms with Crippen LogP contribution >= 0.6 is 31.9 Å². The van der Waals surface area contributed by atoms with Gasteiger partial charge in [-0.15, -0.1) is 0 Å². The summed E-state index contributed by atoms with van der Waals surface area (Å²) in [6, 6.07) is 0. The summed E-state index contributed by atoms with van der Waals surface area (Å²) in [5, 5.41) is 0. The van der Waals surface area contributed by atoms with E-state index in [0.717, 1.165) is 6.42 Å². The molecule has 1 aliphatic rings. The van der Waals surface area contributed by atoms with Crippen molar-refractivity contribution >= 4 is 37.8 Å². The Morgan fingerprint density at radius 2 is 2.15 bits per heavy atom. The summed E-state index contributed by atoms with van der Waals surface area (Å²) in [5.74, 6) is 0.163. The Kier molecular flexibility index (Phi) is 3.13. The number of hydrogen-bond acceptors (Lipinski definition) is 2. The lowest BCUT2D eigenvalue weighted by atomic mass is 9.62. The topological polar surface area (TPSA) is 26.3 Å². The molecule has 0 N–H and O–H groups in total. The average Bonchev–Trinajstić information content (AvgIpc) is 2.03. The third-order valence-corrected chi connectivity index (χ3v) is 4.87. The zero-order valence-corrected chi connectivity index (χ0v) is 11.2. The van der Waals surface area contributed by atoms with E-state index in [2.05, 4.69) is 31.9 Å². The summed E-state index contributed by atoms with van der Waals surface area (Å²) in [5.41, 5.74) is -0.330. The van der Waals surface area contributed by atoms with Crippen LogP contribution in [0, 0.1) is 11.3 Å². The lowest BCUT2D eigenvalue weighted by Crippen LogP contribution is -2.56. The summed E-state index contributed by atoms with van der Waals surface area (Å²) in [6.07, 6.45) is 0.778. The largest absolute Gasteiger partial charge is 0.466 e. The molecular weight excluding hydrogens is 300 g/mol. The van der Waals surface area contributed by atoms with E-state index in [-0.39, 0.29) is 20.5 Å². The molecule has 1 rings (SSSR count). The van der Waals surface area contributed by atoms with Crippen molar-refractivity contribution in [2.45, 2.75) is 30.4 Å². The molecule has 2 atom stereocenters. The highest BCUT2D eigenvalue weighted by Crippen LogP contribution is 2.61. The number of esters is 1. The van der Waals surface area contributed by atoms with E-state index in [4.69, 9.17) is 4.74 Å². The van der Waals surface area contributed by atoms with Gasteiger partial charge in [0, 0.05) is 0 Å². The standard InChI is InChI=1S/C9H14Br2O2/c1-4-13-7(12)8(3)5-9(10,11)6(8)2/h6H,4-5H2,1-3H3. The minimum atomic E-state index is -0.330. The minimum absolute atomic E-state index is 0.0818. The quantitative estimate of drug-likeness (QED) is 0.578. The average molecular weight is 314 g/mol. The fourth-order valence-electron chi connectivity index (χ4n) is 1.68. The van der Waals surface area contributed by atoms with Crippen molar-refractivity contribution in [1.82, 2.24) is 0 Å². The summed E-state index contributed by atoms with van der Waals surface area (Å²) in [4.78, 5) is 11.6. The van der Waals surface area contributed by atoms with E-state index in [9.17, 15) is 4.79 Å². The number of carbonyl (C=O) groups is 1. The normalized spacial score (nSPS) is 36.5. The molecule has 76 valence electrons. The van der Waals surface area contributed by atoms with Gasteiger partial charge >= 0.3 is 5.97 Å². The maximum Gasteiger partial charge on any atom is 0.312 e. The van der Waals surface area contributed by atoms with Gasteiger partial charge in [-0.3, -0.25) is 4.79 Å². The smallest absolute Gasteiger partial charge is 0.312 e. The molecule has 2 nitrogen and oxygen atoms in total. The maximum absolute atomic E-state index is 11.6. The van der Waals surface area contributed by atoms with Crippen molar-refractivity contribution in [2.24, 2.45) is 11.3 Å². The van der Waals surface area contributed by atoms with Gasteiger partial charge in [-0.25, -0.2) is 0 Å². The van der Waals surface area contributed by atoms with Crippen LogP contribution in [-0.4, -0.2) is 15.8 Å². The zero-order valence-electron chi connectivity index (χ0n) is 8.06. The van der Waals surface area contributed by atoms with Crippen molar-refractivity contribution in [1.29, 1.82) is 0 Å². The summed E-state index contributed by atoms with van der Waals surface area (Å²) in [7, 11) is 0. The van der Waals surface area contributed by atoms with Crippen molar-refractivity contribution in [2.75, 3.05) is 6.61 Å². The van der Waals surface area contributed by atoms with Gasteiger partial charge in [0.25, 0.3) is 0 Å². The van der Waals surface area contributed by atoms with Crippen LogP contribution in [0.15, 0.2) is 0 Å². The van der Waals surface area contributed by atoms with Crippen molar-refractivity contribution in [3.8, 4) is 0 Å². The van der Waals surface area contributed by atoms with Gasteiger partial charge in [-0.2, -0.15) is 0 Å². The Balaban J connectivity index is 2.66.